The van der Waals surface area contributed by atoms with Crippen molar-refractivity contribution in [1.82, 2.24) is 0 Å². The standard InChI is InChI=1S/C19H11Cl5/c20-16-15-13(11-7-3-1-4-8-11)14(12-9-5-2-6-10-12)18(22,17(16)21)19(15,23)24/h1-10,15H. The topological polar surface area (TPSA) is 0 Å². The summed E-state index contributed by atoms with van der Waals surface area (Å²) >= 11 is 33.4. The maximum Gasteiger partial charge on any atom is 0.158 e. The van der Waals surface area contributed by atoms with Gasteiger partial charge in [0.05, 0.1) is 11.0 Å². The zero-order chi connectivity index (χ0) is 17.1. The minimum atomic E-state index is -1.35. The third kappa shape index (κ3) is 2.01. The summed E-state index contributed by atoms with van der Waals surface area (Å²) in [6.07, 6.45) is 0. The van der Waals surface area contributed by atoms with Gasteiger partial charge in [-0.15, -0.1) is 11.6 Å². The summed E-state index contributed by atoms with van der Waals surface area (Å²) in [5, 5.41) is 0.717. The van der Waals surface area contributed by atoms with Crippen LogP contribution in [-0.4, -0.2) is 9.21 Å². The highest BCUT2D eigenvalue weighted by Gasteiger charge is 2.70. The number of fused-ring (bicyclic) bond motifs is 2. The average molecular weight is 417 g/mol. The number of hydrogen-bond acceptors (Lipinski definition) is 0. The third-order valence-electron chi connectivity index (χ3n) is 4.64. The molecule has 2 atom stereocenters. The molecule has 0 spiro atoms. The van der Waals surface area contributed by atoms with E-state index >= 15 is 0 Å². The van der Waals surface area contributed by atoms with Gasteiger partial charge in [-0.2, -0.15) is 0 Å². The molecular weight excluding hydrogens is 405 g/mol. The number of alkyl halides is 3. The molecule has 24 heavy (non-hydrogen) atoms. The molecule has 2 aliphatic carbocycles. The molecule has 0 nitrogen and oxygen atoms in total. The van der Waals surface area contributed by atoms with Gasteiger partial charge >= 0.3 is 0 Å². The van der Waals surface area contributed by atoms with E-state index in [0.29, 0.717) is 10.1 Å². The van der Waals surface area contributed by atoms with E-state index < -0.39 is 15.1 Å². The zero-order valence-electron chi connectivity index (χ0n) is 12.2. The first-order valence-corrected chi connectivity index (χ1v) is 9.27. The zero-order valence-corrected chi connectivity index (χ0v) is 16.0. The van der Waals surface area contributed by atoms with Crippen LogP contribution in [0.15, 0.2) is 70.7 Å². The molecule has 2 unspecified atom stereocenters. The van der Waals surface area contributed by atoms with Crippen molar-refractivity contribution >= 4 is 69.2 Å². The SMILES string of the molecule is ClC1=C(Cl)C2(Cl)C(c3ccccc3)=C(c3ccccc3)C1C2(Cl)Cl. The van der Waals surface area contributed by atoms with Crippen LogP contribution in [0, 0.1) is 5.92 Å². The van der Waals surface area contributed by atoms with Crippen molar-refractivity contribution in [3.05, 3.63) is 81.9 Å². The van der Waals surface area contributed by atoms with Gasteiger partial charge in [-0.25, -0.2) is 0 Å². The first-order valence-electron chi connectivity index (χ1n) is 7.38. The minimum Gasteiger partial charge on any atom is -0.104 e. The van der Waals surface area contributed by atoms with E-state index in [1.807, 2.05) is 60.7 Å². The van der Waals surface area contributed by atoms with Crippen LogP contribution in [0.2, 0.25) is 0 Å². The normalized spacial score (nSPS) is 28.0. The second-order valence-corrected chi connectivity index (χ2v) is 8.64. The molecule has 2 bridgehead atoms. The fourth-order valence-electron chi connectivity index (χ4n) is 3.60. The lowest BCUT2D eigenvalue weighted by molar-refractivity contribution is 0.704. The molecule has 0 aromatic heterocycles. The smallest absolute Gasteiger partial charge is 0.104 e. The van der Waals surface area contributed by atoms with Gasteiger partial charge in [-0.05, 0) is 22.3 Å². The fourth-order valence-corrected chi connectivity index (χ4v) is 5.86. The van der Waals surface area contributed by atoms with Crippen molar-refractivity contribution in [2.45, 2.75) is 9.21 Å². The van der Waals surface area contributed by atoms with E-state index in [9.17, 15) is 0 Å². The maximum atomic E-state index is 6.98. The molecule has 0 amide bonds. The third-order valence-corrected chi connectivity index (χ3v) is 7.60. The summed E-state index contributed by atoms with van der Waals surface area (Å²) in [6.45, 7) is 0. The van der Waals surface area contributed by atoms with Crippen LogP contribution in [0.4, 0.5) is 0 Å². The number of rotatable bonds is 2. The van der Waals surface area contributed by atoms with Crippen LogP contribution >= 0.6 is 58.0 Å². The Kier molecular flexibility index (Phi) is 3.99. The molecule has 5 heteroatoms. The van der Waals surface area contributed by atoms with Crippen LogP contribution in [0.25, 0.3) is 11.1 Å². The Labute approximate surface area is 165 Å². The van der Waals surface area contributed by atoms with E-state index in [1.165, 1.54) is 0 Å². The molecule has 0 N–H and O–H groups in total. The molecule has 0 heterocycles. The lowest BCUT2D eigenvalue weighted by Crippen LogP contribution is -2.37. The van der Waals surface area contributed by atoms with Crippen LogP contribution < -0.4 is 0 Å². The highest BCUT2D eigenvalue weighted by atomic mass is 35.5. The first kappa shape index (κ1) is 16.8. The second-order valence-electron chi connectivity index (χ2n) is 5.90. The van der Waals surface area contributed by atoms with Crippen LogP contribution in [-0.2, 0) is 0 Å². The molecule has 2 aliphatic rings. The average Bonchev–Trinajstić information content (AvgIpc) is 2.86. The van der Waals surface area contributed by atoms with E-state index in [2.05, 4.69) is 0 Å². The predicted molar refractivity (Wildman–Crippen MR) is 105 cm³/mol. The van der Waals surface area contributed by atoms with E-state index in [4.69, 9.17) is 58.0 Å². The molecular formula is C19H11Cl5. The molecule has 0 aliphatic heterocycles. The number of hydrogen-bond donors (Lipinski definition) is 0. The number of halogens is 5. The molecule has 0 fully saturated rings. The van der Waals surface area contributed by atoms with Gasteiger partial charge in [0.2, 0.25) is 0 Å². The minimum absolute atomic E-state index is 0.305. The quantitative estimate of drug-likeness (QED) is 0.459. The Hall–Kier alpha value is -0.630. The Balaban J connectivity index is 2.07. The second kappa shape index (κ2) is 5.69. The Morgan fingerprint density at radius 2 is 1.21 bits per heavy atom. The van der Waals surface area contributed by atoms with Crippen LogP contribution in [0.3, 0.4) is 0 Å². The summed E-state index contributed by atoms with van der Waals surface area (Å²) in [6, 6.07) is 19.7. The monoisotopic (exact) mass is 414 g/mol. The van der Waals surface area contributed by atoms with Crippen molar-refractivity contribution in [1.29, 1.82) is 0 Å². The van der Waals surface area contributed by atoms with Crippen molar-refractivity contribution in [3.63, 3.8) is 0 Å². The van der Waals surface area contributed by atoms with Crippen molar-refractivity contribution < 1.29 is 0 Å². The Morgan fingerprint density at radius 1 is 0.708 bits per heavy atom. The summed E-state index contributed by atoms with van der Waals surface area (Å²) in [7, 11) is 0. The predicted octanol–water partition coefficient (Wildman–Crippen LogP) is 7.08. The lowest BCUT2D eigenvalue weighted by Gasteiger charge is -2.31. The van der Waals surface area contributed by atoms with Crippen LogP contribution in [0.5, 0.6) is 0 Å². The Bertz CT molecular complexity index is 867. The van der Waals surface area contributed by atoms with E-state index in [0.717, 1.165) is 22.3 Å². The summed E-state index contributed by atoms with van der Waals surface area (Å²) in [5.74, 6) is -0.467. The van der Waals surface area contributed by atoms with Crippen LogP contribution in [0.1, 0.15) is 11.1 Å². The van der Waals surface area contributed by atoms with Gasteiger partial charge in [0, 0.05) is 5.03 Å². The summed E-state index contributed by atoms with van der Waals surface area (Å²) < 4.78 is -1.35. The molecule has 2 aromatic rings. The summed E-state index contributed by atoms with van der Waals surface area (Å²) in [5.41, 5.74) is 3.66. The van der Waals surface area contributed by atoms with E-state index in [-0.39, 0.29) is 0 Å². The molecule has 2 aromatic carbocycles. The first-order chi connectivity index (χ1) is 11.4. The largest absolute Gasteiger partial charge is 0.158 e. The number of allylic oxidation sites excluding steroid dienone is 4. The van der Waals surface area contributed by atoms with E-state index in [1.54, 1.807) is 0 Å². The van der Waals surface area contributed by atoms with Crippen molar-refractivity contribution in [2.24, 2.45) is 5.92 Å². The fraction of sp³-hybridized carbons (Fsp3) is 0.158. The molecule has 122 valence electrons. The highest BCUT2D eigenvalue weighted by molar-refractivity contribution is 6.64. The molecule has 0 saturated carbocycles. The van der Waals surface area contributed by atoms with Gasteiger partial charge in [-0.1, -0.05) is 107 Å². The molecule has 0 saturated heterocycles. The van der Waals surface area contributed by atoms with Gasteiger partial charge in [0.1, 0.15) is 4.87 Å². The van der Waals surface area contributed by atoms with Gasteiger partial charge < -0.3 is 0 Å². The lowest BCUT2D eigenvalue weighted by atomic mass is 9.87. The Morgan fingerprint density at radius 3 is 1.75 bits per heavy atom. The highest BCUT2D eigenvalue weighted by Crippen LogP contribution is 2.73. The molecule has 0 radical (unpaired) electrons. The van der Waals surface area contributed by atoms with Crippen molar-refractivity contribution in [2.75, 3.05) is 0 Å². The van der Waals surface area contributed by atoms with Gasteiger partial charge in [-0.3, -0.25) is 0 Å². The number of benzene rings is 2. The maximum absolute atomic E-state index is 6.98. The summed E-state index contributed by atoms with van der Waals surface area (Å²) in [4.78, 5) is -1.27. The molecule has 4 rings (SSSR count). The van der Waals surface area contributed by atoms with Gasteiger partial charge in [0.25, 0.3) is 0 Å². The van der Waals surface area contributed by atoms with Gasteiger partial charge in [0.15, 0.2) is 4.33 Å². The van der Waals surface area contributed by atoms with Crippen molar-refractivity contribution in [3.8, 4) is 0 Å².